The largest absolute Gasteiger partial charge is 0.337 e. The summed E-state index contributed by atoms with van der Waals surface area (Å²) in [6.07, 6.45) is 2.13. The Kier molecular flexibility index (Phi) is 2.62. The topological polar surface area (TPSA) is 76.3 Å². The molecule has 1 aromatic heterocycles. The maximum Gasteiger partial charge on any atom is 0.300 e. The minimum atomic E-state index is -0.621. The first-order valence-corrected chi connectivity index (χ1v) is 7.00. The highest BCUT2D eigenvalue weighted by molar-refractivity contribution is 6.54. The highest BCUT2D eigenvalue weighted by atomic mass is 35.5. The Morgan fingerprint density at radius 3 is 2.90 bits per heavy atom. The summed E-state index contributed by atoms with van der Waals surface area (Å²) in [6, 6.07) is 4.88. The first kappa shape index (κ1) is 12.5. The van der Waals surface area contributed by atoms with Gasteiger partial charge in [-0.05, 0) is 25.0 Å². The van der Waals surface area contributed by atoms with Crippen molar-refractivity contribution in [1.29, 1.82) is 0 Å². The molecule has 1 aliphatic carbocycles. The van der Waals surface area contributed by atoms with Gasteiger partial charge in [-0.15, -0.1) is 0 Å². The van der Waals surface area contributed by atoms with Crippen LogP contribution in [-0.2, 0) is 11.3 Å². The van der Waals surface area contributed by atoms with Gasteiger partial charge < -0.3 is 4.52 Å². The van der Waals surface area contributed by atoms with E-state index in [2.05, 4.69) is 10.1 Å². The number of rotatable bonds is 3. The summed E-state index contributed by atoms with van der Waals surface area (Å²) in [5.41, 5.74) is 0.731. The van der Waals surface area contributed by atoms with Gasteiger partial charge in [0.2, 0.25) is 5.89 Å². The molecule has 0 bridgehead atoms. The summed E-state index contributed by atoms with van der Waals surface area (Å²) in [6.45, 7) is 0.0566. The van der Waals surface area contributed by atoms with Crippen LogP contribution in [0.1, 0.15) is 40.8 Å². The van der Waals surface area contributed by atoms with Gasteiger partial charge in [-0.3, -0.25) is 14.5 Å². The number of anilines is 1. The van der Waals surface area contributed by atoms with Gasteiger partial charge in [0.1, 0.15) is 6.54 Å². The molecule has 0 unspecified atom stereocenters. The molecule has 1 aliphatic heterocycles. The van der Waals surface area contributed by atoms with Crippen molar-refractivity contribution in [3.8, 4) is 0 Å². The zero-order valence-electron chi connectivity index (χ0n) is 10.9. The number of fused-ring (bicyclic) bond motifs is 1. The smallest absolute Gasteiger partial charge is 0.300 e. The van der Waals surface area contributed by atoms with Crippen molar-refractivity contribution < 1.29 is 14.1 Å². The molecular formula is C14H10ClN3O3. The molecule has 0 saturated heterocycles. The molecule has 0 atom stereocenters. The third kappa shape index (κ3) is 1.94. The van der Waals surface area contributed by atoms with Crippen LogP contribution < -0.4 is 4.90 Å². The SMILES string of the molecule is O=C1C(=O)N(Cc2nc(C3CC3)no2)c2c(Cl)cccc21. The van der Waals surface area contributed by atoms with E-state index in [1.54, 1.807) is 18.2 Å². The summed E-state index contributed by atoms with van der Waals surface area (Å²) in [5.74, 6) is 0.168. The van der Waals surface area contributed by atoms with Crippen molar-refractivity contribution >= 4 is 29.0 Å². The Morgan fingerprint density at radius 1 is 1.33 bits per heavy atom. The number of aromatic nitrogens is 2. The van der Waals surface area contributed by atoms with Crippen molar-refractivity contribution in [1.82, 2.24) is 10.1 Å². The molecule has 7 heteroatoms. The second-order valence-corrected chi connectivity index (χ2v) is 5.58. The first-order chi connectivity index (χ1) is 10.1. The number of carbonyl (C=O) groups is 2. The molecule has 0 radical (unpaired) electrons. The fraction of sp³-hybridized carbons (Fsp3) is 0.286. The quantitative estimate of drug-likeness (QED) is 0.813. The number of amides is 1. The number of halogens is 1. The molecule has 0 N–H and O–H groups in total. The zero-order chi connectivity index (χ0) is 14.6. The number of carbonyl (C=O) groups excluding carboxylic acids is 2. The maximum atomic E-state index is 12.1. The number of hydrogen-bond acceptors (Lipinski definition) is 5. The van der Waals surface area contributed by atoms with Crippen molar-refractivity contribution in [3.05, 3.63) is 40.5 Å². The monoisotopic (exact) mass is 303 g/mol. The van der Waals surface area contributed by atoms with Gasteiger partial charge in [-0.2, -0.15) is 4.98 Å². The van der Waals surface area contributed by atoms with Crippen LogP contribution in [0.5, 0.6) is 0 Å². The van der Waals surface area contributed by atoms with Crippen LogP contribution in [0, 0.1) is 0 Å². The Labute approximate surface area is 124 Å². The second kappa shape index (κ2) is 4.39. The van der Waals surface area contributed by atoms with Crippen LogP contribution in [0.25, 0.3) is 0 Å². The maximum absolute atomic E-state index is 12.1. The molecule has 106 valence electrons. The molecule has 21 heavy (non-hydrogen) atoms. The minimum Gasteiger partial charge on any atom is -0.337 e. The molecule has 2 heterocycles. The summed E-state index contributed by atoms with van der Waals surface area (Å²) in [7, 11) is 0. The van der Waals surface area contributed by atoms with Crippen molar-refractivity contribution in [2.24, 2.45) is 0 Å². The number of benzene rings is 1. The number of nitrogens with zero attached hydrogens (tertiary/aromatic N) is 3. The molecule has 1 saturated carbocycles. The van der Waals surface area contributed by atoms with Crippen LogP contribution in [0.4, 0.5) is 5.69 Å². The molecule has 2 aromatic rings. The van der Waals surface area contributed by atoms with Gasteiger partial charge in [-0.25, -0.2) is 0 Å². The van der Waals surface area contributed by atoms with E-state index in [0.29, 0.717) is 33.9 Å². The van der Waals surface area contributed by atoms with E-state index in [4.69, 9.17) is 16.1 Å². The van der Waals surface area contributed by atoms with E-state index >= 15 is 0 Å². The van der Waals surface area contributed by atoms with Crippen molar-refractivity contribution in [2.45, 2.75) is 25.3 Å². The second-order valence-electron chi connectivity index (χ2n) is 5.18. The molecule has 1 amide bonds. The fourth-order valence-electron chi connectivity index (χ4n) is 2.44. The zero-order valence-corrected chi connectivity index (χ0v) is 11.6. The number of hydrogen-bond donors (Lipinski definition) is 0. The van der Waals surface area contributed by atoms with E-state index in [-0.39, 0.29) is 6.54 Å². The Bertz CT molecular complexity index is 767. The van der Waals surface area contributed by atoms with Gasteiger partial charge in [0.25, 0.3) is 11.7 Å². The summed E-state index contributed by atoms with van der Waals surface area (Å²) in [4.78, 5) is 29.6. The van der Waals surface area contributed by atoms with Gasteiger partial charge in [0.15, 0.2) is 5.82 Å². The van der Waals surface area contributed by atoms with Crippen LogP contribution >= 0.6 is 11.6 Å². The van der Waals surface area contributed by atoms with E-state index < -0.39 is 11.7 Å². The summed E-state index contributed by atoms with van der Waals surface area (Å²) in [5, 5.41) is 4.26. The van der Waals surface area contributed by atoms with Gasteiger partial charge in [-0.1, -0.05) is 22.8 Å². The Morgan fingerprint density at radius 2 is 2.14 bits per heavy atom. The lowest BCUT2D eigenvalue weighted by molar-refractivity contribution is -0.114. The summed E-state index contributed by atoms with van der Waals surface area (Å²) < 4.78 is 5.16. The van der Waals surface area contributed by atoms with E-state index in [9.17, 15) is 9.59 Å². The lowest BCUT2D eigenvalue weighted by Gasteiger charge is -2.14. The molecule has 1 aromatic carbocycles. The highest BCUT2D eigenvalue weighted by Gasteiger charge is 2.38. The molecule has 2 aliphatic rings. The predicted octanol–water partition coefficient (Wildman–Crippen LogP) is 2.33. The minimum absolute atomic E-state index is 0.0566. The normalized spacial score (nSPS) is 17.5. The fourth-order valence-corrected chi connectivity index (χ4v) is 2.71. The van der Waals surface area contributed by atoms with Crippen LogP contribution in [0.2, 0.25) is 5.02 Å². The van der Waals surface area contributed by atoms with Crippen LogP contribution in [0.15, 0.2) is 22.7 Å². The molecule has 0 spiro atoms. The average Bonchev–Trinajstić information content (AvgIpc) is 3.18. The molecule has 6 nitrogen and oxygen atoms in total. The Hall–Kier alpha value is -2.21. The third-order valence-electron chi connectivity index (χ3n) is 3.66. The lowest BCUT2D eigenvalue weighted by atomic mass is 10.1. The Balaban J connectivity index is 1.68. The lowest BCUT2D eigenvalue weighted by Crippen LogP contribution is -2.29. The van der Waals surface area contributed by atoms with Crippen LogP contribution in [0.3, 0.4) is 0 Å². The number of Topliss-reactive ketones (excluding diaryl/α,β-unsaturated/α-hetero) is 1. The van der Waals surface area contributed by atoms with Gasteiger partial charge >= 0.3 is 0 Å². The first-order valence-electron chi connectivity index (χ1n) is 6.62. The highest BCUT2D eigenvalue weighted by Crippen LogP contribution is 2.39. The predicted molar refractivity (Wildman–Crippen MR) is 73.2 cm³/mol. The van der Waals surface area contributed by atoms with Crippen molar-refractivity contribution in [3.63, 3.8) is 0 Å². The van der Waals surface area contributed by atoms with Gasteiger partial charge in [0.05, 0.1) is 16.3 Å². The summed E-state index contributed by atoms with van der Waals surface area (Å²) >= 11 is 6.11. The molecule has 1 fully saturated rings. The van der Waals surface area contributed by atoms with Crippen molar-refractivity contribution in [2.75, 3.05) is 4.90 Å². The standard InChI is InChI=1S/C14H10ClN3O3/c15-9-3-1-2-8-11(9)18(14(20)12(8)19)6-10-16-13(17-21-10)7-4-5-7/h1-3,7H,4-6H2. The molecule has 4 rings (SSSR count). The average molecular weight is 304 g/mol. The van der Waals surface area contributed by atoms with Gasteiger partial charge in [0, 0.05) is 5.92 Å². The number of ketones is 1. The number of para-hydroxylation sites is 1. The molecular weight excluding hydrogens is 294 g/mol. The van der Waals surface area contributed by atoms with Crippen LogP contribution in [-0.4, -0.2) is 21.8 Å². The van der Waals surface area contributed by atoms with E-state index in [1.165, 1.54) is 4.90 Å². The van der Waals surface area contributed by atoms with E-state index in [1.807, 2.05) is 0 Å². The third-order valence-corrected chi connectivity index (χ3v) is 3.97. The van der Waals surface area contributed by atoms with E-state index in [0.717, 1.165) is 12.8 Å².